The lowest BCUT2D eigenvalue weighted by Gasteiger charge is -2.10. The summed E-state index contributed by atoms with van der Waals surface area (Å²) in [6.07, 6.45) is 3.13. The van der Waals surface area contributed by atoms with E-state index in [2.05, 4.69) is 6.58 Å². The van der Waals surface area contributed by atoms with E-state index in [0.717, 1.165) is 0 Å². The van der Waals surface area contributed by atoms with Crippen LogP contribution in [0.5, 0.6) is 0 Å². The number of amides is 1. The number of thiocarbonyl (C=S) groups is 1. The molecule has 18 heavy (non-hydrogen) atoms. The van der Waals surface area contributed by atoms with E-state index in [0.29, 0.717) is 21.3 Å². The van der Waals surface area contributed by atoms with Gasteiger partial charge in [0, 0.05) is 12.1 Å². The van der Waals surface area contributed by atoms with Crippen molar-refractivity contribution in [2.24, 2.45) is 0 Å². The molecule has 2 nitrogen and oxygen atoms in total. The molecule has 1 heterocycles. The lowest BCUT2D eigenvalue weighted by Crippen LogP contribution is -2.27. The standard InChI is InChI=1S/C13H10FNOS2/c1-2-7-15-12(16)11(18-13(15)17)8-9-5-3-4-6-10(9)14/h2-6,8H,1,7H2/b11-8+. The number of benzene rings is 1. The molecule has 1 fully saturated rings. The number of carbonyl (C=O) groups excluding carboxylic acids is 1. The monoisotopic (exact) mass is 279 g/mol. The summed E-state index contributed by atoms with van der Waals surface area (Å²) in [5, 5.41) is 0. The molecule has 0 spiro atoms. The van der Waals surface area contributed by atoms with Gasteiger partial charge in [0.05, 0.1) is 4.91 Å². The van der Waals surface area contributed by atoms with Crippen LogP contribution in [0.25, 0.3) is 6.08 Å². The Hall–Kier alpha value is -1.46. The second-order valence-electron chi connectivity index (χ2n) is 3.60. The van der Waals surface area contributed by atoms with E-state index < -0.39 is 0 Å². The smallest absolute Gasteiger partial charge is 0.266 e. The SMILES string of the molecule is C=CCN1C(=O)/C(=C\c2ccccc2F)SC1=S. The molecular weight excluding hydrogens is 269 g/mol. The van der Waals surface area contributed by atoms with Crippen molar-refractivity contribution in [3.05, 3.63) is 53.2 Å². The number of thioether (sulfide) groups is 1. The van der Waals surface area contributed by atoms with E-state index in [1.165, 1.54) is 28.8 Å². The molecule has 1 aliphatic heterocycles. The first-order valence-electron chi connectivity index (χ1n) is 5.24. The van der Waals surface area contributed by atoms with Crippen LogP contribution >= 0.6 is 24.0 Å². The van der Waals surface area contributed by atoms with Crippen LogP contribution in [0.3, 0.4) is 0 Å². The van der Waals surface area contributed by atoms with Crippen molar-refractivity contribution in [1.82, 2.24) is 4.90 Å². The normalized spacial score (nSPS) is 17.6. The van der Waals surface area contributed by atoms with Crippen molar-refractivity contribution >= 4 is 40.3 Å². The second kappa shape index (κ2) is 5.46. The van der Waals surface area contributed by atoms with Crippen molar-refractivity contribution in [1.29, 1.82) is 0 Å². The Bertz CT molecular complexity index is 554. The van der Waals surface area contributed by atoms with Gasteiger partial charge in [0.2, 0.25) is 0 Å². The van der Waals surface area contributed by atoms with Crippen LogP contribution in [0, 0.1) is 5.82 Å². The summed E-state index contributed by atoms with van der Waals surface area (Å²) < 4.78 is 14.0. The minimum atomic E-state index is -0.355. The van der Waals surface area contributed by atoms with E-state index in [-0.39, 0.29) is 11.7 Å². The highest BCUT2D eigenvalue weighted by molar-refractivity contribution is 8.26. The molecule has 0 radical (unpaired) electrons. The van der Waals surface area contributed by atoms with Gasteiger partial charge in [-0.25, -0.2) is 4.39 Å². The first kappa shape index (κ1) is 13.0. The number of hydrogen-bond acceptors (Lipinski definition) is 3. The lowest BCUT2D eigenvalue weighted by atomic mass is 10.2. The zero-order chi connectivity index (χ0) is 13.1. The average Bonchev–Trinajstić information content (AvgIpc) is 2.60. The van der Waals surface area contributed by atoms with Crippen molar-refractivity contribution in [2.45, 2.75) is 0 Å². The van der Waals surface area contributed by atoms with Crippen molar-refractivity contribution in [3.8, 4) is 0 Å². The molecule has 1 saturated heterocycles. The van der Waals surface area contributed by atoms with Crippen LogP contribution in [0.15, 0.2) is 41.8 Å². The average molecular weight is 279 g/mol. The Morgan fingerprint density at radius 3 is 2.83 bits per heavy atom. The molecule has 1 aliphatic rings. The molecule has 0 aliphatic carbocycles. The fourth-order valence-corrected chi connectivity index (χ4v) is 2.79. The summed E-state index contributed by atoms with van der Waals surface area (Å²) in [5.41, 5.74) is 0.386. The number of nitrogens with zero attached hydrogens (tertiary/aromatic N) is 1. The van der Waals surface area contributed by atoms with Gasteiger partial charge in [0.15, 0.2) is 0 Å². The number of carbonyl (C=O) groups is 1. The highest BCUT2D eigenvalue weighted by atomic mass is 32.2. The van der Waals surface area contributed by atoms with Crippen molar-refractivity contribution in [3.63, 3.8) is 0 Å². The molecule has 0 bridgehead atoms. The van der Waals surface area contributed by atoms with E-state index in [1.807, 2.05) is 0 Å². The molecule has 0 N–H and O–H groups in total. The van der Waals surface area contributed by atoms with E-state index >= 15 is 0 Å². The van der Waals surface area contributed by atoms with Crippen LogP contribution in [0.4, 0.5) is 4.39 Å². The van der Waals surface area contributed by atoms with Gasteiger partial charge in [-0.2, -0.15) is 0 Å². The second-order valence-corrected chi connectivity index (χ2v) is 5.28. The Balaban J connectivity index is 2.31. The maximum absolute atomic E-state index is 13.5. The minimum Gasteiger partial charge on any atom is -0.289 e. The summed E-state index contributed by atoms with van der Waals surface area (Å²) in [6, 6.07) is 6.31. The lowest BCUT2D eigenvalue weighted by molar-refractivity contribution is -0.121. The maximum Gasteiger partial charge on any atom is 0.266 e. The molecule has 5 heteroatoms. The summed E-state index contributed by atoms with van der Waals surface area (Å²) in [4.78, 5) is 13.9. The van der Waals surface area contributed by atoms with Crippen LogP contribution in [-0.2, 0) is 4.79 Å². The first-order chi connectivity index (χ1) is 8.63. The molecule has 0 atom stereocenters. The van der Waals surface area contributed by atoms with Gasteiger partial charge >= 0.3 is 0 Å². The summed E-state index contributed by atoms with van der Waals surface area (Å²) in [7, 11) is 0. The van der Waals surface area contributed by atoms with Gasteiger partial charge in [-0.3, -0.25) is 9.69 Å². The number of halogens is 1. The highest BCUT2D eigenvalue weighted by Gasteiger charge is 2.31. The minimum absolute atomic E-state index is 0.201. The molecular formula is C13H10FNOS2. The molecule has 0 saturated carbocycles. The zero-order valence-electron chi connectivity index (χ0n) is 9.43. The third-order valence-electron chi connectivity index (χ3n) is 2.38. The van der Waals surface area contributed by atoms with Crippen LogP contribution < -0.4 is 0 Å². The van der Waals surface area contributed by atoms with Gasteiger partial charge < -0.3 is 0 Å². The molecule has 2 rings (SSSR count). The summed E-state index contributed by atoms with van der Waals surface area (Å²) >= 11 is 6.27. The van der Waals surface area contributed by atoms with Crippen LogP contribution in [0.2, 0.25) is 0 Å². The molecule has 1 amide bonds. The van der Waals surface area contributed by atoms with Gasteiger partial charge in [-0.05, 0) is 12.1 Å². The zero-order valence-corrected chi connectivity index (χ0v) is 11.1. The Labute approximate surface area is 114 Å². The van der Waals surface area contributed by atoms with Crippen molar-refractivity contribution in [2.75, 3.05) is 6.54 Å². The van der Waals surface area contributed by atoms with Gasteiger partial charge in [0.25, 0.3) is 5.91 Å². The molecule has 1 aromatic rings. The predicted molar refractivity (Wildman–Crippen MR) is 76.5 cm³/mol. The Morgan fingerprint density at radius 1 is 1.44 bits per heavy atom. The third kappa shape index (κ3) is 2.52. The molecule has 0 aromatic heterocycles. The molecule has 92 valence electrons. The largest absolute Gasteiger partial charge is 0.289 e. The Morgan fingerprint density at radius 2 is 2.17 bits per heavy atom. The first-order valence-corrected chi connectivity index (χ1v) is 6.46. The topological polar surface area (TPSA) is 20.3 Å². The molecule has 0 unspecified atom stereocenters. The fraction of sp³-hybridized carbons (Fsp3) is 0.0769. The number of rotatable bonds is 3. The highest BCUT2D eigenvalue weighted by Crippen LogP contribution is 2.32. The van der Waals surface area contributed by atoms with Crippen LogP contribution in [0.1, 0.15) is 5.56 Å². The van der Waals surface area contributed by atoms with Gasteiger partial charge in [-0.15, -0.1) is 6.58 Å². The van der Waals surface area contributed by atoms with Gasteiger partial charge in [-0.1, -0.05) is 48.3 Å². The van der Waals surface area contributed by atoms with Crippen molar-refractivity contribution < 1.29 is 9.18 Å². The predicted octanol–water partition coefficient (Wildman–Crippen LogP) is 3.21. The maximum atomic E-state index is 13.5. The quantitative estimate of drug-likeness (QED) is 0.481. The van der Waals surface area contributed by atoms with E-state index in [4.69, 9.17) is 12.2 Å². The number of hydrogen-bond donors (Lipinski definition) is 0. The third-order valence-corrected chi connectivity index (χ3v) is 3.75. The van der Waals surface area contributed by atoms with Crippen LogP contribution in [-0.4, -0.2) is 21.7 Å². The summed E-state index contributed by atoms with van der Waals surface area (Å²) in [5.74, 6) is -0.556. The van der Waals surface area contributed by atoms with Gasteiger partial charge in [0.1, 0.15) is 10.1 Å². The summed E-state index contributed by atoms with van der Waals surface area (Å²) in [6.45, 7) is 3.95. The van der Waals surface area contributed by atoms with E-state index in [9.17, 15) is 9.18 Å². The fourth-order valence-electron chi connectivity index (χ4n) is 1.52. The Kier molecular flexibility index (Phi) is 3.93. The van der Waals surface area contributed by atoms with E-state index in [1.54, 1.807) is 24.3 Å². The molecule has 1 aromatic carbocycles.